The highest BCUT2D eigenvalue weighted by Crippen LogP contribution is 2.68. The number of hydrogen-bond donors (Lipinski definition) is 0. The molecule has 424 valence electrons. The minimum atomic E-state index is -0.880. The van der Waals surface area contributed by atoms with Crippen molar-refractivity contribution in [1.82, 2.24) is 0 Å². The maximum Gasteiger partial charge on any atom is 0.151 e. The smallest absolute Gasteiger partial charge is 0.151 e. The molecule has 0 amide bonds. The molecule has 10 saturated carbocycles. The molecule has 10 aliphatic rings. The molecule has 0 radical (unpaired) electrons. The van der Waals surface area contributed by atoms with Crippen LogP contribution >= 0.6 is 0 Å². The Morgan fingerprint density at radius 1 is 0.311 bits per heavy atom. The fourth-order valence-corrected chi connectivity index (χ4v) is 19.0. The van der Waals surface area contributed by atoms with E-state index in [1.807, 2.05) is 0 Å². The van der Waals surface area contributed by atoms with E-state index in [1.165, 1.54) is 128 Å². The molecule has 10 rings (SSSR count). The monoisotopic (exact) mass is 1040 g/mol. The lowest BCUT2D eigenvalue weighted by atomic mass is 9.41. The van der Waals surface area contributed by atoms with Crippen LogP contribution in [0.15, 0.2) is 0 Å². The van der Waals surface area contributed by atoms with Crippen molar-refractivity contribution in [3.63, 3.8) is 0 Å². The Kier molecular flexibility index (Phi) is 20.7. The summed E-state index contributed by atoms with van der Waals surface area (Å²) in [5.74, 6) is 6.55. The molecule has 8 heteroatoms. The summed E-state index contributed by atoms with van der Waals surface area (Å²) in [6.07, 6.45) is 41.7. The predicted molar refractivity (Wildman–Crippen MR) is 295 cm³/mol. The van der Waals surface area contributed by atoms with E-state index in [4.69, 9.17) is 18.9 Å². The van der Waals surface area contributed by atoms with Gasteiger partial charge in [0.1, 0.15) is 12.3 Å². The third-order valence-corrected chi connectivity index (χ3v) is 23.8. The van der Waals surface area contributed by atoms with Crippen molar-refractivity contribution in [3.8, 4) is 0 Å². The van der Waals surface area contributed by atoms with Crippen LogP contribution in [0.25, 0.3) is 0 Å². The van der Waals surface area contributed by atoms with E-state index in [0.29, 0.717) is 59.7 Å². The number of Topliss-reactive ketones (excluding diaryl/α,β-unsaturated/α-hetero) is 2. The number of ketones is 2. The minimum absolute atomic E-state index is 0.341. The van der Waals surface area contributed by atoms with Crippen LogP contribution in [0.5, 0.6) is 0 Å². The molecular formula is C66H110F2O6. The van der Waals surface area contributed by atoms with Gasteiger partial charge in [-0.25, -0.2) is 8.78 Å². The number of alkyl halides is 2. The lowest BCUT2D eigenvalue weighted by molar-refractivity contribution is -0.195. The summed E-state index contributed by atoms with van der Waals surface area (Å²) >= 11 is 0. The number of rotatable bonds is 18. The summed E-state index contributed by atoms with van der Waals surface area (Å²) in [5, 5.41) is 0. The van der Waals surface area contributed by atoms with Gasteiger partial charge in [-0.3, -0.25) is 9.59 Å². The zero-order valence-electron chi connectivity index (χ0n) is 48.0. The van der Waals surface area contributed by atoms with E-state index in [0.717, 1.165) is 166 Å². The van der Waals surface area contributed by atoms with Crippen molar-refractivity contribution in [2.75, 3.05) is 26.4 Å². The number of carbonyl (C=O) groups is 2. The van der Waals surface area contributed by atoms with Crippen molar-refractivity contribution in [1.29, 1.82) is 0 Å². The molecule has 4 spiro atoms. The predicted octanol–water partition coefficient (Wildman–Crippen LogP) is 17.2. The zero-order valence-corrected chi connectivity index (χ0v) is 48.0. The van der Waals surface area contributed by atoms with Crippen molar-refractivity contribution < 1.29 is 37.3 Å². The topological polar surface area (TPSA) is 71.1 Å². The second kappa shape index (κ2) is 26.5. The lowest BCUT2D eigenvalue weighted by Gasteiger charge is -2.62. The number of halogens is 2. The molecule has 10 fully saturated rings. The van der Waals surface area contributed by atoms with Gasteiger partial charge in [0, 0.05) is 26.4 Å². The SMILES string of the molecule is CCCCOC1CCC(C2CCC3(CC2)C(=O)C2(CCC(C4CCC(OCCCC)CC4)CC2)C3F)CC1.CCCOC1CCC(C2CCC3(CC2)C(=O)C2(CCC(C4CCC(OCCC)CC4)CC2)C3F)CC1. The first-order valence-electron chi connectivity index (χ1n) is 32.9. The molecule has 6 nitrogen and oxygen atoms in total. The second-order valence-corrected chi connectivity index (χ2v) is 27.7. The largest absolute Gasteiger partial charge is 0.378 e. The van der Waals surface area contributed by atoms with E-state index in [9.17, 15) is 9.59 Å². The van der Waals surface area contributed by atoms with Gasteiger partial charge in [0.2, 0.25) is 0 Å². The van der Waals surface area contributed by atoms with Crippen molar-refractivity contribution in [3.05, 3.63) is 0 Å². The van der Waals surface area contributed by atoms with Crippen LogP contribution in [0.3, 0.4) is 0 Å². The second-order valence-electron chi connectivity index (χ2n) is 27.7. The molecule has 0 unspecified atom stereocenters. The van der Waals surface area contributed by atoms with Crippen LogP contribution < -0.4 is 0 Å². The normalized spacial score (nSPS) is 44.7. The summed E-state index contributed by atoms with van der Waals surface area (Å²) in [5.41, 5.74) is -2.45. The lowest BCUT2D eigenvalue weighted by Crippen LogP contribution is -2.69. The fourth-order valence-electron chi connectivity index (χ4n) is 19.0. The summed E-state index contributed by atoms with van der Waals surface area (Å²) in [6, 6.07) is 0. The summed E-state index contributed by atoms with van der Waals surface area (Å²) in [6.45, 7) is 12.4. The molecule has 0 atom stereocenters. The number of carbonyl (C=O) groups excluding carboxylic acids is 2. The first kappa shape index (κ1) is 57.7. The molecule has 0 heterocycles. The third-order valence-electron chi connectivity index (χ3n) is 23.8. The molecule has 0 aromatic carbocycles. The van der Waals surface area contributed by atoms with Gasteiger partial charge >= 0.3 is 0 Å². The van der Waals surface area contributed by atoms with E-state index in [1.54, 1.807) is 0 Å². The third kappa shape index (κ3) is 12.2. The van der Waals surface area contributed by atoms with E-state index >= 15 is 8.78 Å². The Hall–Kier alpha value is -0.960. The number of unbranched alkanes of at least 4 members (excludes halogenated alkanes) is 2. The molecular weight excluding hydrogens is 927 g/mol. The van der Waals surface area contributed by atoms with Gasteiger partial charge < -0.3 is 18.9 Å². The Morgan fingerprint density at radius 3 is 0.703 bits per heavy atom. The maximum atomic E-state index is 16.1. The first-order valence-corrected chi connectivity index (χ1v) is 32.9. The van der Waals surface area contributed by atoms with Crippen molar-refractivity contribution >= 4 is 11.6 Å². The fraction of sp³-hybridized carbons (Fsp3) is 0.970. The highest BCUT2D eigenvalue weighted by atomic mass is 19.1. The van der Waals surface area contributed by atoms with Crippen LogP contribution in [-0.4, -0.2) is 74.8 Å². The highest BCUT2D eigenvalue weighted by molar-refractivity contribution is 5.99. The zero-order chi connectivity index (χ0) is 51.8. The number of ether oxygens (including phenoxy) is 4. The van der Waals surface area contributed by atoms with E-state index in [-0.39, 0.29) is 0 Å². The van der Waals surface area contributed by atoms with E-state index < -0.39 is 34.0 Å². The highest BCUT2D eigenvalue weighted by Gasteiger charge is 2.73. The Balaban J connectivity index is 0.000000182. The van der Waals surface area contributed by atoms with Gasteiger partial charge in [-0.05, 0) is 278 Å². The molecule has 0 aromatic rings. The first-order chi connectivity index (χ1) is 36.0. The number of hydrogen-bond acceptors (Lipinski definition) is 6. The molecule has 0 bridgehead atoms. The quantitative estimate of drug-likeness (QED) is 0.127. The van der Waals surface area contributed by atoms with Gasteiger partial charge in [-0.15, -0.1) is 0 Å². The molecule has 74 heavy (non-hydrogen) atoms. The Morgan fingerprint density at radius 2 is 0.514 bits per heavy atom. The van der Waals surface area contributed by atoms with Crippen molar-refractivity contribution in [2.24, 2.45) is 69.0 Å². The minimum Gasteiger partial charge on any atom is -0.378 e. The maximum absolute atomic E-state index is 16.1. The molecule has 0 saturated heterocycles. The van der Waals surface area contributed by atoms with Gasteiger partial charge in [0.15, 0.2) is 11.6 Å². The Bertz CT molecular complexity index is 1570. The Labute approximate surface area is 451 Å². The molecule has 0 aromatic heterocycles. The van der Waals surface area contributed by atoms with Crippen LogP contribution in [-0.2, 0) is 28.5 Å². The van der Waals surface area contributed by atoms with Gasteiger partial charge in [0.05, 0.1) is 46.1 Å². The summed E-state index contributed by atoms with van der Waals surface area (Å²) in [4.78, 5) is 27.5. The van der Waals surface area contributed by atoms with E-state index in [2.05, 4.69) is 27.7 Å². The van der Waals surface area contributed by atoms with Crippen molar-refractivity contribution in [2.45, 2.75) is 308 Å². The van der Waals surface area contributed by atoms with Gasteiger partial charge in [0.25, 0.3) is 0 Å². The molecule has 10 aliphatic carbocycles. The molecule has 0 aliphatic heterocycles. The van der Waals surface area contributed by atoms with Crippen LogP contribution in [0.1, 0.15) is 272 Å². The average molecular weight is 1040 g/mol. The summed E-state index contributed by atoms with van der Waals surface area (Å²) < 4.78 is 56.3. The summed E-state index contributed by atoms with van der Waals surface area (Å²) in [7, 11) is 0. The average Bonchev–Trinajstić information content (AvgIpc) is 3.47. The van der Waals surface area contributed by atoms with Gasteiger partial charge in [-0.1, -0.05) is 40.5 Å². The standard InChI is InChI=1S/C34H57FO3.C32H53FO3/c1-3-5-23-37-29-11-7-25(8-12-29)27-15-19-33(20-16-27)31(35)34(32(33)36)21-17-28(18-22-34)26-9-13-30(14-10-26)38-24-6-4-2;1-3-21-35-27-9-5-23(6-10-27)25-13-17-31(18-14-25)29(33)32(30(31)34)19-15-26(16-20-32)24-7-11-28(12-8-24)36-22-4-2/h25-31H,3-24H2,1-2H3;23-29H,3-22H2,1-2H3. The van der Waals surface area contributed by atoms with Crippen LogP contribution in [0.2, 0.25) is 0 Å². The van der Waals surface area contributed by atoms with Crippen LogP contribution in [0, 0.1) is 69.0 Å². The molecule has 0 N–H and O–H groups in total. The van der Waals surface area contributed by atoms with Gasteiger partial charge in [-0.2, -0.15) is 0 Å². The van der Waals surface area contributed by atoms with Crippen LogP contribution in [0.4, 0.5) is 8.78 Å².